The van der Waals surface area contributed by atoms with E-state index in [9.17, 15) is 8.42 Å². The molecule has 7 nitrogen and oxygen atoms in total. The molecule has 1 N–H and O–H groups in total. The van der Waals surface area contributed by atoms with E-state index in [4.69, 9.17) is 14.2 Å². The summed E-state index contributed by atoms with van der Waals surface area (Å²) in [7, 11) is -1.51. The van der Waals surface area contributed by atoms with E-state index in [2.05, 4.69) is 33.8 Å². The van der Waals surface area contributed by atoms with Gasteiger partial charge in [-0.15, -0.1) is 0 Å². The van der Waals surface area contributed by atoms with Gasteiger partial charge in [-0.1, -0.05) is 36.4 Å². The highest BCUT2D eigenvalue weighted by Crippen LogP contribution is 2.15. The van der Waals surface area contributed by atoms with Crippen LogP contribution in [0.4, 0.5) is 5.69 Å². The molecule has 0 atom stereocenters. The zero-order valence-electron chi connectivity index (χ0n) is 17.4. The van der Waals surface area contributed by atoms with E-state index < -0.39 is 10.1 Å². The van der Waals surface area contributed by atoms with Crippen LogP contribution in [0, 0.1) is 0 Å². The first-order valence-electron chi connectivity index (χ1n) is 9.65. The third-order valence-corrected chi connectivity index (χ3v) is 4.54. The highest BCUT2D eigenvalue weighted by Gasteiger charge is 2.00. The SMILES string of the molecule is CNc1ccc(/C=C/c2ccc(OCCOCCOCCOS(C)(=O)=O)cc2)cc1. The van der Waals surface area contributed by atoms with E-state index in [0.717, 1.165) is 28.8 Å². The molecule has 164 valence electrons. The van der Waals surface area contributed by atoms with Crippen molar-refractivity contribution in [2.24, 2.45) is 0 Å². The van der Waals surface area contributed by atoms with Gasteiger partial charge in [0.1, 0.15) is 12.4 Å². The third kappa shape index (κ3) is 10.4. The van der Waals surface area contributed by atoms with Gasteiger partial charge in [-0.3, -0.25) is 4.18 Å². The average molecular weight is 436 g/mol. The Kier molecular flexibility index (Phi) is 10.4. The summed E-state index contributed by atoms with van der Waals surface area (Å²) in [4.78, 5) is 0. The number of nitrogens with one attached hydrogen (secondary N) is 1. The summed E-state index contributed by atoms with van der Waals surface area (Å²) < 4.78 is 42.3. The molecule has 30 heavy (non-hydrogen) atoms. The second-order valence-corrected chi connectivity index (χ2v) is 8.02. The Bertz CT molecular complexity index is 864. The quantitative estimate of drug-likeness (QED) is 0.277. The summed E-state index contributed by atoms with van der Waals surface area (Å²) in [5.41, 5.74) is 3.32. The molecule has 0 aromatic heterocycles. The Balaban J connectivity index is 1.57. The van der Waals surface area contributed by atoms with Crippen LogP contribution in [0.2, 0.25) is 0 Å². The highest BCUT2D eigenvalue weighted by molar-refractivity contribution is 7.85. The van der Waals surface area contributed by atoms with Crippen LogP contribution in [-0.4, -0.2) is 61.4 Å². The molecule has 2 aromatic carbocycles. The normalized spacial score (nSPS) is 11.7. The van der Waals surface area contributed by atoms with Crippen LogP contribution in [-0.2, 0) is 23.8 Å². The number of benzene rings is 2. The van der Waals surface area contributed by atoms with Crippen molar-refractivity contribution >= 4 is 28.0 Å². The first-order chi connectivity index (χ1) is 14.5. The minimum atomic E-state index is -3.41. The van der Waals surface area contributed by atoms with Crippen molar-refractivity contribution in [1.82, 2.24) is 0 Å². The van der Waals surface area contributed by atoms with E-state index in [-0.39, 0.29) is 13.2 Å². The van der Waals surface area contributed by atoms with Gasteiger partial charge in [0.25, 0.3) is 10.1 Å². The lowest BCUT2D eigenvalue weighted by Gasteiger charge is -2.08. The van der Waals surface area contributed by atoms with Crippen molar-refractivity contribution in [3.63, 3.8) is 0 Å². The number of hydrogen-bond donors (Lipinski definition) is 1. The predicted octanol–water partition coefficient (Wildman–Crippen LogP) is 3.29. The molecule has 0 bridgehead atoms. The van der Waals surface area contributed by atoms with Gasteiger partial charge in [0, 0.05) is 12.7 Å². The maximum absolute atomic E-state index is 10.8. The van der Waals surface area contributed by atoms with Gasteiger partial charge in [-0.25, -0.2) is 0 Å². The summed E-state index contributed by atoms with van der Waals surface area (Å²) in [6.07, 6.45) is 5.13. The second-order valence-electron chi connectivity index (χ2n) is 6.37. The molecule has 0 saturated carbocycles. The average Bonchev–Trinajstić information content (AvgIpc) is 2.74. The topological polar surface area (TPSA) is 83.1 Å². The van der Waals surface area contributed by atoms with Crippen LogP contribution in [0.1, 0.15) is 11.1 Å². The molecule has 0 fully saturated rings. The lowest BCUT2D eigenvalue weighted by molar-refractivity contribution is 0.0280. The lowest BCUT2D eigenvalue weighted by atomic mass is 10.1. The molecule has 0 heterocycles. The fourth-order valence-electron chi connectivity index (χ4n) is 2.41. The number of ether oxygens (including phenoxy) is 3. The van der Waals surface area contributed by atoms with Crippen LogP contribution >= 0.6 is 0 Å². The number of anilines is 1. The summed E-state index contributed by atoms with van der Waals surface area (Å²) >= 11 is 0. The Morgan fingerprint density at radius 3 is 1.80 bits per heavy atom. The van der Waals surface area contributed by atoms with Crippen molar-refractivity contribution in [2.75, 3.05) is 58.3 Å². The van der Waals surface area contributed by atoms with Crippen molar-refractivity contribution < 1.29 is 26.8 Å². The van der Waals surface area contributed by atoms with Gasteiger partial charge < -0.3 is 19.5 Å². The maximum Gasteiger partial charge on any atom is 0.264 e. The standard InChI is InChI=1S/C22H29NO6S/c1-23-21-9-5-19(6-10-21)3-4-20-7-11-22(12-8-20)28-17-15-26-13-14-27-16-18-29-30(2,24)25/h3-12,23H,13-18H2,1-2H3/b4-3+. The third-order valence-electron chi connectivity index (χ3n) is 3.94. The first-order valence-corrected chi connectivity index (χ1v) is 11.5. The van der Waals surface area contributed by atoms with E-state index >= 15 is 0 Å². The largest absolute Gasteiger partial charge is 0.491 e. The van der Waals surface area contributed by atoms with Gasteiger partial charge in [-0.05, 0) is 35.4 Å². The summed E-state index contributed by atoms with van der Waals surface area (Å²) in [5, 5.41) is 3.10. The molecular weight excluding hydrogens is 406 g/mol. The van der Waals surface area contributed by atoms with Crippen molar-refractivity contribution in [3.05, 3.63) is 59.7 Å². The fourth-order valence-corrected chi connectivity index (χ4v) is 2.78. The van der Waals surface area contributed by atoms with E-state index in [0.29, 0.717) is 26.4 Å². The molecule has 8 heteroatoms. The second kappa shape index (κ2) is 13.0. The van der Waals surface area contributed by atoms with Gasteiger partial charge >= 0.3 is 0 Å². The van der Waals surface area contributed by atoms with Crippen molar-refractivity contribution in [3.8, 4) is 5.75 Å². The van der Waals surface area contributed by atoms with Crippen LogP contribution in [0.25, 0.3) is 12.2 Å². The highest BCUT2D eigenvalue weighted by atomic mass is 32.2. The molecule has 0 saturated heterocycles. The first kappa shape index (κ1) is 23.9. The Morgan fingerprint density at radius 1 is 0.767 bits per heavy atom. The lowest BCUT2D eigenvalue weighted by Crippen LogP contribution is -2.14. The van der Waals surface area contributed by atoms with E-state index in [1.807, 2.05) is 43.4 Å². The van der Waals surface area contributed by atoms with Gasteiger partial charge in [0.05, 0.1) is 39.3 Å². The molecule has 0 aliphatic rings. The number of hydrogen-bond acceptors (Lipinski definition) is 7. The van der Waals surface area contributed by atoms with Crippen molar-refractivity contribution in [2.45, 2.75) is 0 Å². The molecule has 0 radical (unpaired) electrons. The van der Waals surface area contributed by atoms with Crippen LogP contribution in [0.5, 0.6) is 5.75 Å². The molecule has 0 aliphatic heterocycles. The minimum Gasteiger partial charge on any atom is -0.491 e. The van der Waals surface area contributed by atoms with Gasteiger partial charge in [0.2, 0.25) is 0 Å². The Morgan fingerprint density at radius 2 is 1.27 bits per heavy atom. The zero-order valence-corrected chi connectivity index (χ0v) is 18.2. The zero-order chi connectivity index (χ0) is 21.7. The van der Waals surface area contributed by atoms with E-state index in [1.165, 1.54) is 0 Å². The van der Waals surface area contributed by atoms with Gasteiger partial charge in [0.15, 0.2) is 0 Å². The monoisotopic (exact) mass is 435 g/mol. The molecule has 0 amide bonds. The summed E-state index contributed by atoms with van der Waals surface area (Å²) in [6, 6.07) is 16.1. The molecule has 0 spiro atoms. The molecule has 2 aromatic rings. The molecule has 0 unspecified atom stereocenters. The predicted molar refractivity (Wildman–Crippen MR) is 119 cm³/mol. The summed E-state index contributed by atoms with van der Waals surface area (Å²) in [6.45, 7) is 1.86. The fraction of sp³-hybridized carbons (Fsp3) is 0.364. The summed E-state index contributed by atoms with van der Waals surface area (Å²) in [5.74, 6) is 0.781. The van der Waals surface area contributed by atoms with E-state index in [1.54, 1.807) is 0 Å². The van der Waals surface area contributed by atoms with Gasteiger partial charge in [-0.2, -0.15) is 8.42 Å². The maximum atomic E-state index is 10.8. The Hall–Kier alpha value is -2.39. The van der Waals surface area contributed by atoms with Crippen LogP contribution < -0.4 is 10.1 Å². The Labute approximate surface area is 178 Å². The number of rotatable bonds is 14. The minimum absolute atomic E-state index is 0.00967. The smallest absolute Gasteiger partial charge is 0.264 e. The van der Waals surface area contributed by atoms with Crippen LogP contribution in [0.3, 0.4) is 0 Å². The molecular formula is C22H29NO6S. The molecule has 0 aliphatic carbocycles. The van der Waals surface area contributed by atoms with Crippen LogP contribution in [0.15, 0.2) is 48.5 Å². The van der Waals surface area contributed by atoms with Crippen molar-refractivity contribution in [1.29, 1.82) is 0 Å². The molecule has 2 rings (SSSR count).